The predicted molar refractivity (Wildman–Crippen MR) is 150 cm³/mol. The van der Waals surface area contributed by atoms with Crippen molar-refractivity contribution in [2.75, 3.05) is 40.4 Å². The summed E-state index contributed by atoms with van der Waals surface area (Å²) in [6, 6.07) is 21.7. The van der Waals surface area contributed by atoms with Gasteiger partial charge in [-0.15, -0.1) is 23.2 Å². The summed E-state index contributed by atoms with van der Waals surface area (Å²) < 4.78 is 0. The smallest absolute Gasteiger partial charge is 0.323 e. The van der Waals surface area contributed by atoms with Crippen LogP contribution in [0.5, 0.6) is 0 Å². The molecule has 0 aliphatic heterocycles. The molecule has 0 spiro atoms. The van der Waals surface area contributed by atoms with Crippen LogP contribution < -0.4 is 15.5 Å². The van der Waals surface area contributed by atoms with E-state index in [2.05, 4.69) is 15.5 Å². The van der Waals surface area contributed by atoms with E-state index in [0.717, 1.165) is 16.6 Å². The highest BCUT2D eigenvalue weighted by Crippen LogP contribution is 2.34. The number of para-hydroxylation sites is 1. The van der Waals surface area contributed by atoms with Crippen LogP contribution in [-0.2, 0) is 0 Å². The molecule has 0 saturated carbocycles. The number of pyridine rings is 1. The first-order valence-corrected chi connectivity index (χ1v) is 12.7. The Bertz CT molecular complexity index is 1320. The largest absolute Gasteiger partial charge is 0.369 e. The molecule has 5 nitrogen and oxygen atoms in total. The van der Waals surface area contributed by atoms with Gasteiger partial charge in [0.05, 0.1) is 21.9 Å². The number of aromatic nitrogens is 1. The lowest BCUT2D eigenvalue weighted by Gasteiger charge is -2.23. The summed E-state index contributed by atoms with van der Waals surface area (Å²) in [4.78, 5) is 19.7. The number of amides is 2. The summed E-state index contributed by atoms with van der Waals surface area (Å²) in [6.45, 7) is 1.38. The second-order valence-corrected chi connectivity index (χ2v) is 9.29. The minimum absolute atomic E-state index is 0.379. The topological polar surface area (TPSA) is 57.3 Å². The monoisotopic (exact) mass is 546 g/mol. The molecule has 3 aromatic carbocycles. The maximum Gasteiger partial charge on any atom is 0.323 e. The van der Waals surface area contributed by atoms with E-state index in [9.17, 15) is 4.79 Å². The molecule has 4 rings (SSSR count). The van der Waals surface area contributed by atoms with Crippen LogP contribution in [0.4, 0.5) is 21.9 Å². The van der Waals surface area contributed by atoms with Crippen LogP contribution in [0, 0.1) is 0 Å². The highest BCUT2D eigenvalue weighted by molar-refractivity contribution is 6.35. The number of hydrogen-bond donors (Lipinski definition) is 2. The predicted octanol–water partition coefficient (Wildman–Crippen LogP) is 8.14. The molecule has 1 heterocycles. The van der Waals surface area contributed by atoms with Crippen molar-refractivity contribution in [1.29, 1.82) is 0 Å². The fourth-order valence-corrected chi connectivity index (χ4v) is 4.52. The molecule has 0 radical (unpaired) electrons. The van der Waals surface area contributed by atoms with Crippen molar-refractivity contribution in [2.45, 2.75) is 0 Å². The quantitative estimate of drug-likeness (QED) is 0.219. The van der Waals surface area contributed by atoms with Crippen LogP contribution in [-0.4, -0.2) is 35.9 Å². The Balaban J connectivity index is 1.57. The molecule has 0 aliphatic rings. The van der Waals surface area contributed by atoms with Gasteiger partial charge in [-0.2, -0.15) is 0 Å². The van der Waals surface area contributed by atoms with Crippen molar-refractivity contribution in [3.63, 3.8) is 0 Å². The Labute approximate surface area is 224 Å². The van der Waals surface area contributed by atoms with Gasteiger partial charge >= 0.3 is 6.03 Å². The van der Waals surface area contributed by atoms with E-state index >= 15 is 0 Å². The van der Waals surface area contributed by atoms with Crippen molar-refractivity contribution in [2.24, 2.45) is 0 Å². The zero-order valence-electron chi connectivity index (χ0n) is 18.6. The number of rotatable bonds is 8. The fourth-order valence-electron chi connectivity index (χ4n) is 3.72. The van der Waals surface area contributed by atoms with Gasteiger partial charge in [-0.1, -0.05) is 41.4 Å². The second-order valence-electron chi connectivity index (χ2n) is 7.69. The number of nitrogens with one attached hydrogen (secondary N) is 2. The highest BCUT2D eigenvalue weighted by atomic mass is 35.5. The minimum Gasteiger partial charge on any atom is -0.369 e. The third-order valence-corrected chi connectivity index (χ3v) is 6.27. The van der Waals surface area contributed by atoms with E-state index < -0.39 is 0 Å². The number of fused-ring (bicyclic) bond motifs is 1. The Kier molecular flexibility index (Phi) is 8.58. The van der Waals surface area contributed by atoms with Gasteiger partial charge in [-0.25, -0.2) is 9.78 Å². The SMILES string of the molecule is O=C(Nc1ccc(N(CCCl)CCCl)cc1)Nc1cc(-c2cc(Cl)ccc2Cl)nc2ccccc12. The second kappa shape index (κ2) is 11.8. The van der Waals surface area contributed by atoms with Gasteiger partial charge in [0.25, 0.3) is 0 Å². The van der Waals surface area contributed by atoms with Crippen molar-refractivity contribution in [3.8, 4) is 11.3 Å². The highest BCUT2D eigenvalue weighted by Gasteiger charge is 2.13. The fraction of sp³-hybridized carbons (Fsp3) is 0.154. The first kappa shape index (κ1) is 25.4. The molecule has 180 valence electrons. The van der Waals surface area contributed by atoms with E-state index in [4.69, 9.17) is 51.4 Å². The molecule has 4 aromatic rings. The van der Waals surface area contributed by atoms with Crippen molar-refractivity contribution in [3.05, 3.63) is 82.8 Å². The van der Waals surface area contributed by atoms with E-state index in [1.165, 1.54) is 0 Å². The average Bonchev–Trinajstić information content (AvgIpc) is 2.86. The minimum atomic E-state index is -0.379. The number of urea groups is 1. The van der Waals surface area contributed by atoms with Crippen LogP contribution >= 0.6 is 46.4 Å². The molecule has 0 bridgehead atoms. The normalized spacial score (nSPS) is 10.9. The van der Waals surface area contributed by atoms with Crippen molar-refractivity contribution >= 4 is 80.4 Å². The van der Waals surface area contributed by atoms with Gasteiger partial charge in [0, 0.05) is 52.2 Å². The molecule has 35 heavy (non-hydrogen) atoms. The molecule has 0 fully saturated rings. The number of carbonyl (C=O) groups excluding carboxylic acids is 1. The summed E-state index contributed by atoms with van der Waals surface area (Å²) in [7, 11) is 0. The molecular weight excluding hydrogens is 526 g/mol. The third-order valence-electron chi connectivity index (χ3n) is 5.37. The third kappa shape index (κ3) is 6.30. The van der Waals surface area contributed by atoms with E-state index in [-0.39, 0.29) is 6.03 Å². The van der Waals surface area contributed by atoms with Gasteiger partial charge in [-0.05, 0) is 54.6 Å². The van der Waals surface area contributed by atoms with E-state index in [1.807, 2.05) is 48.5 Å². The number of nitrogens with zero attached hydrogens (tertiary/aromatic N) is 2. The number of hydrogen-bond acceptors (Lipinski definition) is 3. The van der Waals surface area contributed by atoms with Gasteiger partial charge in [0.1, 0.15) is 0 Å². The van der Waals surface area contributed by atoms with Gasteiger partial charge in [-0.3, -0.25) is 0 Å². The summed E-state index contributed by atoms with van der Waals surface area (Å²) in [6.07, 6.45) is 0. The Morgan fingerprint density at radius 2 is 1.57 bits per heavy atom. The lowest BCUT2D eigenvalue weighted by atomic mass is 10.1. The molecule has 0 aliphatic carbocycles. The number of halogens is 4. The van der Waals surface area contributed by atoms with Crippen molar-refractivity contribution < 1.29 is 4.79 Å². The summed E-state index contributed by atoms with van der Waals surface area (Å²) in [5.41, 5.74) is 4.25. The molecule has 0 saturated heterocycles. The molecule has 2 N–H and O–H groups in total. The molecule has 0 unspecified atom stereocenters. The lowest BCUT2D eigenvalue weighted by Crippen LogP contribution is -2.27. The van der Waals surface area contributed by atoms with Crippen LogP contribution in [0.2, 0.25) is 10.0 Å². The maximum absolute atomic E-state index is 12.9. The van der Waals surface area contributed by atoms with E-state index in [1.54, 1.807) is 24.3 Å². The van der Waals surface area contributed by atoms with Crippen LogP contribution in [0.1, 0.15) is 0 Å². The zero-order chi connectivity index (χ0) is 24.8. The first-order chi connectivity index (χ1) is 17.0. The molecule has 9 heteroatoms. The standard InChI is InChI=1S/C26H22Cl4N4O/c27-11-13-34(14-12-28)19-8-6-18(7-9-19)31-26(35)33-24-16-25(21-15-17(29)5-10-22(21)30)32-23-4-2-1-3-20(23)24/h1-10,15-16H,11-14H2,(H2,31,32,33,35). The number of benzene rings is 3. The van der Waals surface area contributed by atoms with Crippen LogP contribution in [0.3, 0.4) is 0 Å². The number of alkyl halides is 2. The van der Waals surface area contributed by atoms with Crippen molar-refractivity contribution in [1.82, 2.24) is 4.98 Å². The Hall–Kier alpha value is -2.70. The van der Waals surface area contributed by atoms with Gasteiger partial charge in [0.2, 0.25) is 0 Å². The van der Waals surface area contributed by atoms with Gasteiger partial charge < -0.3 is 15.5 Å². The molecule has 0 atom stereocenters. The molecule has 1 aromatic heterocycles. The lowest BCUT2D eigenvalue weighted by molar-refractivity contribution is 0.262. The number of anilines is 3. The first-order valence-electron chi connectivity index (χ1n) is 10.9. The van der Waals surface area contributed by atoms with Gasteiger partial charge in [0.15, 0.2) is 0 Å². The zero-order valence-corrected chi connectivity index (χ0v) is 21.6. The molecule has 2 amide bonds. The summed E-state index contributed by atoms with van der Waals surface area (Å²) in [5, 5.41) is 7.69. The van der Waals surface area contributed by atoms with E-state index in [0.29, 0.717) is 57.5 Å². The Morgan fingerprint density at radius 3 is 2.29 bits per heavy atom. The summed E-state index contributed by atoms with van der Waals surface area (Å²) >= 11 is 24.4. The van der Waals surface area contributed by atoms with Crippen LogP contribution in [0.25, 0.3) is 22.2 Å². The Morgan fingerprint density at radius 1 is 0.857 bits per heavy atom. The van der Waals surface area contributed by atoms with Crippen LogP contribution in [0.15, 0.2) is 72.8 Å². The molecular formula is C26H22Cl4N4O. The average molecular weight is 548 g/mol. The maximum atomic E-state index is 12.9. The summed E-state index contributed by atoms with van der Waals surface area (Å²) in [5.74, 6) is 1.00. The number of carbonyl (C=O) groups is 1.